The number of carbonyl (C=O) groups is 1. The highest BCUT2D eigenvalue weighted by atomic mass is 16.6. The molecule has 0 aromatic heterocycles. The lowest BCUT2D eigenvalue weighted by Gasteiger charge is -2.28. The third-order valence-corrected chi connectivity index (χ3v) is 4.67. The Morgan fingerprint density at radius 1 is 1.17 bits per heavy atom. The molecule has 1 heterocycles. The first-order valence-corrected chi connectivity index (χ1v) is 10.5. The molecule has 1 amide bonds. The molecule has 3 atom stereocenters. The summed E-state index contributed by atoms with van der Waals surface area (Å²) in [6, 6.07) is 7.36. The minimum Gasteiger partial charge on any atom is -0.491 e. The van der Waals surface area contributed by atoms with Crippen molar-refractivity contribution in [3.05, 3.63) is 29.8 Å². The Hall–Kier alpha value is -1.87. The molecular weight excluding hydrogens is 388 g/mol. The SMILES string of the molecule is CCOCCOc1ccc(CN[C@@H]2C[C@@H](O)CN(C(=O)OC(C)(C)C)C[C@H]2O)cc1. The molecule has 30 heavy (non-hydrogen) atoms. The lowest BCUT2D eigenvalue weighted by atomic mass is 10.0. The molecule has 170 valence electrons. The molecule has 1 aromatic carbocycles. The van der Waals surface area contributed by atoms with Crippen molar-refractivity contribution in [1.29, 1.82) is 0 Å². The van der Waals surface area contributed by atoms with E-state index in [4.69, 9.17) is 14.2 Å². The Balaban J connectivity index is 1.85. The van der Waals surface area contributed by atoms with Gasteiger partial charge in [-0.1, -0.05) is 12.1 Å². The monoisotopic (exact) mass is 424 g/mol. The van der Waals surface area contributed by atoms with Gasteiger partial charge >= 0.3 is 6.09 Å². The van der Waals surface area contributed by atoms with Gasteiger partial charge in [-0.25, -0.2) is 4.79 Å². The molecule has 8 heteroatoms. The first-order chi connectivity index (χ1) is 14.2. The number of hydrogen-bond acceptors (Lipinski definition) is 7. The van der Waals surface area contributed by atoms with Crippen LogP contribution in [0.25, 0.3) is 0 Å². The zero-order valence-corrected chi connectivity index (χ0v) is 18.5. The Morgan fingerprint density at radius 2 is 1.87 bits per heavy atom. The minimum absolute atomic E-state index is 0.107. The van der Waals surface area contributed by atoms with E-state index in [0.717, 1.165) is 11.3 Å². The Morgan fingerprint density at radius 3 is 2.50 bits per heavy atom. The molecule has 0 unspecified atom stereocenters. The van der Waals surface area contributed by atoms with Crippen LogP contribution < -0.4 is 10.1 Å². The second kappa shape index (κ2) is 11.5. The Labute approximate surface area is 179 Å². The summed E-state index contributed by atoms with van der Waals surface area (Å²) in [5.41, 5.74) is 0.401. The van der Waals surface area contributed by atoms with Gasteiger partial charge in [0.15, 0.2) is 0 Å². The Bertz CT molecular complexity index is 646. The molecule has 1 aliphatic rings. The smallest absolute Gasteiger partial charge is 0.410 e. The van der Waals surface area contributed by atoms with Crippen LogP contribution in [0.5, 0.6) is 5.75 Å². The van der Waals surface area contributed by atoms with Crippen molar-refractivity contribution in [2.75, 3.05) is 32.9 Å². The van der Waals surface area contributed by atoms with E-state index >= 15 is 0 Å². The number of likely N-dealkylation sites (tertiary alicyclic amines) is 1. The van der Waals surface area contributed by atoms with Crippen LogP contribution in [0.2, 0.25) is 0 Å². The highest BCUT2D eigenvalue weighted by molar-refractivity contribution is 5.68. The number of aliphatic hydroxyl groups excluding tert-OH is 2. The highest BCUT2D eigenvalue weighted by Gasteiger charge is 2.33. The fourth-order valence-corrected chi connectivity index (χ4v) is 3.22. The van der Waals surface area contributed by atoms with E-state index in [1.165, 1.54) is 4.90 Å². The average molecular weight is 425 g/mol. The lowest BCUT2D eigenvalue weighted by Crippen LogP contribution is -2.46. The van der Waals surface area contributed by atoms with Crippen molar-refractivity contribution in [2.24, 2.45) is 0 Å². The molecule has 1 fully saturated rings. The predicted octanol–water partition coefficient (Wildman–Crippen LogP) is 1.92. The van der Waals surface area contributed by atoms with Gasteiger partial charge in [-0.05, 0) is 51.8 Å². The highest BCUT2D eigenvalue weighted by Crippen LogP contribution is 2.18. The fourth-order valence-electron chi connectivity index (χ4n) is 3.22. The summed E-state index contributed by atoms with van der Waals surface area (Å²) in [6.45, 7) is 9.81. The van der Waals surface area contributed by atoms with E-state index in [1.807, 2.05) is 31.2 Å². The van der Waals surface area contributed by atoms with Crippen molar-refractivity contribution in [2.45, 2.75) is 64.5 Å². The van der Waals surface area contributed by atoms with Crippen LogP contribution in [-0.4, -0.2) is 78.0 Å². The van der Waals surface area contributed by atoms with Gasteiger partial charge in [-0.3, -0.25) is 0 Å². The zero-order chi connectivity index (χ0) is 22.1. The molecule has 0 saturated carbocycles. The van der Waals surface area contributed by atoms with Crippen LogP contribution in [0.1, 0.15) is 39.7 Å². The standard InChI is InChI=1S/C22H36N2O6/c1-5-28-10-11-29-18-8-6-16(7-9-18)13-23-19-12-17(25)14-24(15-20(19)26)21(27)30-22(2,3)4/h6-9,17,19-20,23,25-26H,5,10-15H2,1-4H3/t17-,19-,20-/m1/s1. The van der Waals surface area contributed by atoms with Crippen LogP contribution >= 0.6 is 0 Å². The van der Waals surface area contributed by atoms with E-state index in [0.29, 0.717) is 32.8 Å². The molecular formula is C22H36N2O6. The maximum Gasteiger partial charge on any atom is 0.410 e. The van der Waals surface area contributed by atoms with Gasteiger partial charge < -0.3 is 34.6 Å². The van der Waals surface area contributed by atoms with E-state index < -0.39 is 23.9 Å². The molecule has 0 bridgehead atoms. The number of benzene rings is 1. The van der Waals surface area contributed by atoms with Gasteiger partial charge in [0.25, 0.3) is 0 Å². The number of carbonyl (C=O) groups excluding carboxylic acids is 1. The summed E-state index contributed by atoms with van der Waals surface area (Å²) in [5, 5.41) is 24.2. The molecule has 0 aliphatic carbocycles. The lowest BCUT2D eigenvalue weighted by molar-refractivity contribution is 0.0104. The molecule has 8 nitrogen and oxygen atoms in total. The predicted molar refractivity (Wildman–Crippen MR) is 113 cm³/mol. The molecule has 1 aromatic rings. The van der Waals surface area contributed by atoms with Gasteiger partial charge in [-0.15, -0.1) is 0 Å². The van der Waals surface area contributed by atoms with Crippen molar-refractivity contribution in [3.8, 4) is 5.75 Å². The number of ether oxygens (including phenoxy) is 3. The fraction of sp³-hybridized carbons (Fsp3) is 0.682. The number of hydrogen-bond donors (Lipinski definition) is 3. The summed E-state index contributed by atoms with van der Waals surface area (Å²) in [4.78, 5) is 13.7. The number of rotatable bonds is 8. The molecule has 0 radical (unpaired) electrons. The molecule has 0 spiro atoms. The number of aliphatic hydroxyl groups is 2. The summed E-state index contributed by atoms with van der Waals surface area (Å²) in [5.74, 6) is 0.774. The van der Waals surface area contributed by atoms with Gasteiger partial charge in [0, 0.05) is 19.2 Å². The molecule has 1 saturated heterocycles. The number of nitrogens with one attached hydrogen (secondary N) is 1. The van der Waals surface area contributed by atoms with Gasteiger partial charge in [0.05, 0.1) is 31.9 Å². The zero-order valence-electron chi connectivity index (χ0n) is 18.5. The summed E-state index contributed by atoms with van der Waals surface area (Å²) in [7, 11) is 0. The van der Waals surface area contributed by atoms with Crippen LogP contribution in [-0.2, 0) is 16.0 Å². The van der Waals surface area contributed by atoms with Crippen LogP contribution in [0, 0.1) is 0 Å². The van der Waals surface area contributed by atoms with Crippen molar-refractivity contribution in [1.82, 2.24) is 10.2 Å². The van der Waals surface area contributed by atoms with E-state index in [9.17, 15) is 15.0 Å². The summed E-state index contributed by atoms with van der Waals surface area (Å²) in [6.07, 6.45) is -1.73. The van der Waals surface area contributed by atoms with Gasteiger partial charge in [-0.2, -0.15) is 0 Å². The number of amides is 1. The third-order valence-electron chi connectivity index (χ3n) is 4.67. The molecule has 3 N–H and O–H groups in total. The summed E-state index contributed by atoms with van der Waals surface area (Å²) < 4.78 is 16.2. The number of nitrogens with zero attached hydrogens (tertiary/aromatic N) is 1. The second-order valence-electron chi connectivity index (χ2n) is 8.52. The summed E-state index contributed by atoms with van der Waals surface area (Å²) >= 11 is 0. The van der Waals surface area contributed by atoms with Crippen LogP contribution in [0.15, 0.2) is 24.3 Å². The second-order valence-corrected chi connectivity index (χ2v) is 8.52. The maximum atomic E-state index is 12.3. The van der Waals surface area contributed by atoms with E-state index in [1.54, 1.807) is 20.8 Å². The van der Waals surface area contributed by atoms with Crippen molar-refractivity contribution in [3.63, 3.8) is 0 Å². The molecule has 2 rings (SSSR count). The first-order valence-electron chi connectivity index (χ1n) is 10.5. The first kappa shape index (κ1) is 24.4. The number of β-amino-alcohol motifs (C(OH)–C–C–N with tert-alkyl or cyclic N) is 2. The van der Waals surface area contributed by atoms with E-state index in [-0.39, 0.29) is 19.1 Å². The van der Waals surface area contributed by atoms with Gasteiger partial charge in [0.1, 0.15) is 18.0 Å². The third kappa shape index (κ3) is 8.47. The van der Waals surface area contributed by atoms with Crippen molar-refractivity contribution >= 4 is 6.09 Å². The van der Waals surface area contributed by atoms with Crippen molar-refractivity contribution < 1.29 is 29.2 Å². The largest absolute Gasteiger partial charge is 0.491 e. The van der Waals surface area contributed by atoms with E-state index in [2.05, 4.69) is 5.32 Å². The van der Waals surface area contributed by atoms with Crippen LogP contribution in [0.3, 0.4) is 0 Å². The maximum absolute atomic E-state index is 12.3. The van der Waals surface area contributed by atoms with Gasteiger partial charge in [0.2, 0.25) is 0 Å². The van der Waals surface area contributed by atoms with Crippen LogP contribution in [0.4, 0.5) is 4.79 Å². The topological polar surface area (TPSA) is 100 Å². The average Bonchev–Trinajstić information content (AvgIpc) is 2.81. The molecule has 1 aliphatic heterocycles. The minimum atomic E-state index is -0.809. The quantitative estimate of drug-likeness (QED) is 0.548. The Kier molecular flexibility index (Phi) is 9.36. The normalized spacial score (nSPS) is 22.5.